The largest absolute Gasteiger partial charge is 0.370 e. The minimum Gasteiger partial charge on any atom is -0.370 e. The van der Waals surface area contributed by atoms with Crippen molar-refractivity contribution in [2.75, 3.05) is 44.2 Å². The van der Waals surface area contributed by atoms with Gasteiger partial charge in [0.1, 0.15) is 11.9 Å². The summed E-state index contributed by atoms with van der Waals surface area (Å²) in [5.74, 6) is -1.95. The lowest BCUT2D eigenvalue weighted by molar-refractivity contribution is -0.144. The first-order valence-corrected chi connectivity index (χ1v) is 8.77. The summed E-state index contributed by atoms with van der Waals surface area (Å²) in [5.41, 5.74) is 0.523. The molecule has 2 saturated heterocycles. The van der Waals surface area contributed by atoms with Crippen LogP contribution in [0.5, 0.6) is 0 Å². The maximum atomic E-state index is 13.8. The fourth-order valence-corrected chi connectivity index (χ4v) is 3.19. The van der Waals surface area contributed by atoms with Crippen molar-refractivity contribution in [2.45, 2.75) is 18.9 Å². The van der Waals surface area contributed by atoms with Crippen LogP contribution < -0.4 is 10.2 Å². The fourth-order valence-electron chi connectivity index (χ4n) is 3.19. The molecule has 0 aromatic heterocycles. The molecular weight excluding hydrogens is 341 g/mol. The van der Waals surface area contributed by atoms with Crippen LogP contribution in [0.3, 0.4) is 0 Å². The molecule has 3 rings (SSSR count). The van der Waals surface area contributed by atoms with Crippen LogP contribution in [0.15, 0.2) is 24.3 Å². The normalized spacial score (nSPS) is 20.1. The van der Waals surface area contributed by atoms with Crippen molar-refractivity contribution in [2.24, 2.45) is 0 Å². The molecule has 1 unspecified atom stereocenters. The second-order valence-corrected chi connectivity index (χ2v) is 6.37. The van der Waals surface area contributed by atoms with Gasteiger partial charge in [0.2, 0.25) is 11.7 Å². The third kappa shape index (κ3) is 4.19. The summed E-state index contributed by atoms with van der Waals surface area (Å²) in [6.45, 7) is 2.14. The van der Waals surface area contributed by atoms with Gasteiger partial charge < -0.3 is 19.9 Å². The average molecular weight is 363 g/mol. The first-order valence-electron chi connectivity index (χ1n) is 8.77. The summed E-state index contributed by atoms with van der Waals surface area (Å²) in [6.07, 6.45) is 0.613. The van der Waals surface area contributed by atoms with Crippen LogP contribution in [0.25, 0.3) is 0 Å². The Bertz CT molecular complexity index is 683. The average Bonchev–Trinajstić information content (AvgIpc) is 3.20. The third-order valence-electron chi connectivity index (χ3n) is 4.67. The van der Waals surface area contributed by atoms with Crippen molar-refractivity contribution in [1.29, 1.82) is 0 Å². The number of benzene rings is 1. The van der Waals surface area contributed by atoms with Crippen molar-refractivity contribution in [3.05, 3.63) is 30.1 Å². The molecule has 0 radical (unpaired) electrons. The molecule has 2 amide bonds. The Balaban J connectivity index is 1.44. The van der Waals surface area contributed by atoms with E-state index in [1.807, 2.05) is 4.90 Å². The van der Waals surface area contributed by atoms with Crippen molar-refractivity contribution < 1.29 is 23.5 Å². The molecule has 2 aliphatic heterocycles. The van der Waals surface area contributed by atoms with Gasteiger partial charge in [-0.05, 0) is 25.0 Å². The summed E-state index contributed by atoms with van der Waals surface area (Å²) in [4.78, 5) is 39.4. The van der Waals surface area contributed by atoms with E-state index < -0.39 is 17.8 Å². The number of amides is 2. The second-order valence-electron chi connectivity index (χ2n) is 6.37. The van der Waals surface area contributed by atoms with Crippen LogP contribution in [0.2, 0.25) is 0 Å². The van der Waals surface area contributed by atoms with E-state index in [9.17, 15) is 18.8 Å². The fraction of sp³-hybridized carbons (Fsp3) is 0.500. The molecule has 0 spiro atoms. The Labute approximate surface area is 151 Å². The van der Waals surface area contributed by atoms with E-state index in [0.717, 1.165) is 6.42 Å². The quantitative estimate of drug-likeness (QED) is 0.764. The van der Waals surface area contributed by atoms with Gasteiger partial charge in [-0.3, -0.25) is 14.4 Å². The Kier molecular flexibility index (Phi) is 5.82. The van der Waals surface area contributed by atoms with Gasteiger partial charge in [-0.15, -0.1) is 0 Å². The zero-order valence-corrected chi connectivity index (χ0v) is 14.4. The molecule has 140 valence electrons. The van der Waals surface area contributed by atoms with Crippen molar-refractivity contribution >= 4 is 23.3 Å². The first kappa shape index (κ1) is 18.3. The predicted octanol–water partition coefficient (Wildman–Crippen LogP) is 0.339. The summed E-state index contributed by atoms with van der Waals surface area (Å²) >= 11 is 0. The lowest BCUT2D eigenvalue weighted by Gasteiger charge is -2.36. The summed E-state index contributed by atoms with van der Waals surface area (Å²) in [7, 11) is 0. The van der Waals surface area contributed by atoms with E-state index in [-0.39, 0.29) is 18.3 Å². The van der Waals surface area contributed by atoms with Crippen LogP contribution in [-0.4, -0.2) is 67.9 Å². The highest BCUT2D eigenvalue weighted by atomic mass is 19.1. The van der Waals surface area contributed by atoms with Crippen LogP contribution in [0.4, 0.5) is 10.1 Å². The highest BCUT2D eigenvalue weighted by molar-refractivity contribution is 6.38. The van der Waals surface area contributed by atoms with Gasteiger partial charge in [0.15, 0.2) is 0 Å². The number of hydrogen-bond acceptors (Lipinski definition) is 5. The highest BCUT2D eigenvalue weighted by Crippen LogP contribution is 2.20. The topological polar surface area (TPSA) is 79.0 Å². The SMILES string of the molecule is O=C(NCC(=O)N1CCN(c2ccccc2F)CC1)C(=O)C1CCCO1. The number of nitrogens with one attached hydrogen (secondary N) is 1. The molecule has 1 aromatic carbocycles. The zero-order chi connectivity index (χ0) is 18.5. The Hall–Kier alpha value is -2.48. The van der Waals surface area contributed by atoms with Crippen molar-refractivity contribution in [3.8, 4) is 0 Å². The summed E-state index contributed by atoms with van der Waals surface area (Å²) in [5, 5.41) is 2.38. The number of Topliss-reactive ketones (excluding diaryl/α,β-unsaturated/α-hetero) is 1. The number of rotatable bonds is 5. The maximum absolute atomic E-state index is 13.8. The summed E-state index contributed by atoms with van der Waals surface area (Å²) < 4.78 is 19.0. The number of halogens is 1. The number of anilines is 1. The molecular formula is C18H22FN3O4. The first-order chi connectivity index (χ1) is 12.6. The molecule has 2 heterocycles. The number of ketones is 1. The number of piperazine rings is 1. The van der Waals surface area contributed by atoms with Crippen molar-refractivity contribution in [3.63, 3.8) is 0 Å². The molecule has 0 saturated carbocycles. The predicted molar refractivity (Wildman–Crippen MR) is 92.2 cm³/mol. The van der Waals surface area contributed by atoms with E-state index in [4.69, 9.17) is 4.74 Å². The lowest BCUT2D eigenvalue weighted by atomic mass is 10.1. The van der Waals surface area contributed by atoms with Gasteiger partial charge in [0.05, 0.1) is 12.2 Å². The molecule has 7 nitrogen and oxygen atoms in total. The van der Waals surface area contributed by atoms with Crippen LogP contribution in [0.1, 0.15) is 12.8 Å². The van der Waals surface area contributed by atoms with Gasteiger partial charge >= 0.3 is 0 Å². The Morgan fingerprint density at radius 3 is 2.54 bits per heavy atom. The molecule has 0 bridgehead atoms. The molecule has 8 heteroatoms. The second kappa shape index (κ2) is 8.27. The van der Waals surface area contributed by atoms with E-state index in [2.05, 4.69) is 5.32 Å². The van der Waals surface area contributed by atoms with Gasteiger partial charge in [0.25, 0.3) is 5.91 Å². The van der Waals surface area contributed by atoms with Crippen LogP contribution in [-0.2, 0) is 19.1 Å². The molecule has 26 heavy (non-hydrogen) atoms. The molecule has 1 N–H and O–H groups in total. The van der Waals surface area contributed by atoms with E-state index in [0.29, 0.717) is 44.9 Å². The van der Waals surface area contributed by atoms with E-state index >= 15 is 0 Å². The minimum atomic E-state index is -0.782. The lowest BCUT2D eigenvalue weighted by Crippen LogP contribution is -2.52. The smallest absolute Gasteiger partial charge is 0.290 e. The van der Waals surface area contributed by atoms with E-state index in [1.165, 1.54) is 6.07 Å². The van der Waals surface area contributed by atoms with Gasteiger partial charge in [0, 0.05) is 32.8 Å². The Morgan fingerprint density at radius 1 is 1.15 bits per heavy atom. The monoisotopic (exact) mass is 363 g/mol. The Morgan fingerprint density at radius 2 is 1.88 bits per heavy atom. The third-order valence-corrected chi connectivity index (χ3v) is 4.67. The van der Waals surface area contributed by atoms with Gasteiger partial charge in [-0.1, -0.05) is 12.1 Å². The number of hydrogen-bond donors (Lipinski definition) is 1. The van der Waals surface area contributed by atoms with E-state index in [1.54, 1.807) is 23.1 Å². The molecule has 1 atom stereocenters. The highest BCUT2D eigenvalue weighted by Gasteiger charge is 2.30. The standard InChI is InChI=1S/C18H22FN3O4/c19-13-4-1-2-5-14(13)21-7-9-22(10-8-21)16(23)12-20-18(25)17(24)15-6-3-11-26-15/h1-2,4-5,15H,3,6-12H2,(H,20,25). The van der Waals surface area contributed by atoms with Crippen LogP contribution >= 0.6 is 0 Å². The number of carbonyl (C=O) groups excluding carboxylic acids is 3. The minimum absolute atomic E-state index is 0.225. The van der Waals surface area contributed by atoms with Crippen LogP contribution in [0, 0.1) is 5.82 Å². The summed E-state index contributed by atoms with van der Waals surface area (Å²) in [6, 6.07) is 6.53. The number of para-hydroxylation sites is 1. The molecule has 1 aromatic rings. The van der Waals surface area contributed by atoms with Crippen molar-refractivity contribution in [1.82, 2.24) is 10.2 Å². The molecule has 0 aliphatic carbocycles. The number of nitrogens with zero attached hydrogens (tertiary/aromatic N) is 2. The number of carbonyl (C=O) groups is 3. The molecule has 2 aliphatic rings. The van der Waals surface area contributed by atoms with Gasteiger partial charge in [-0.25, -0.2) is 4.39 Å². The zero-order valence-electron chi connectivity index (χ0n) is 14.4. The van der Waals surface area contributed by atoms with Gasteiger partial charge in [-0.2, -0.15) is 0 Å². The molecule has 2 fully saturated rings. The number of ether oxygens (including phenoxy) is 1. The maximum Gasteiger partial charge on any atom is 0.290 e.